The Hall–Kier alpha value is -3.93. The summed E-state index contributed by atoms with van der Waals surface area (Å²) in [5.41, 5.74) is 0.367. The van der Waals surface area contributed by atoms with Crippen LogP contribution in [0.25, 0.3) is 22.8 Å². The first kappa shape index (κ1) is 20.9. The standard InChI is InChI=1S/C21H19F2N7O3/c22-14-5-6-17(23)28-18(14)19-15(9-30(29-19)12-1-3-13(31)4-2-12)26-20(32)16-10-33-21(27-16)11-7-24-25-8-11/h5-10,12-13,31H,1-4H2,(H,24,25)(H,26,32). The van der Waals surface area contributed by atoms with Gasteiger partial charge in [-0.1, -0.05) is 0 Å². The summed E-state index contributed by atoms with van der Waals surface area (Å²) in [4.78, 5) is 20.6. The van der Waals surface area contributed by atoms with E-state index in [1.54, 1.807) is 17.1 Å². The van der Waals surface area contributed by atoms with E-state index in [0.29, 0.717) is 31.2 Å². The summed E-state index contributed by atoms with van der Waals surface area (Å²) in [7, 11) is 0. The highest BCUT2D eigenvalue weighted by Gasteiger charge is 2.26. The molecule has 12 heteroatoms. The van der Waals surface area contributed by atoms with Crippen LogP contribution in [0.3, 0.4) is 0 Å². The first-order valence-electron chi connectivity index (χ1n) is 10.3. The highest BCUT2D eigenvalue weighted by atomic mass is 19.1. The Kier molecular flexibility index (Phi) is 5.42. The lowest BCUT2D eigenvalue weighted by Gasteiger charge is -2.25. The number of H-pyrrole nitrogens is 1. The van der Waals surface area contributed by atoms with Gasteiger partial charge >= 0.3 is 0 Å². The van der Waals surface area contributed by atoms with Crippen LogP contribution in [0.15, 0.2) is 41.4 Å². The highest BCUT2D eigenvalue weighted by Crippen LogP contribution is 2.33. The molecule has 170 valence electrons. The number of anilines is 1. The Morgan fingerprint density at radius 3 is 2.76 bits per heavy atom. The van der Waals surface area contributed by atoms with E-state index in [1.807, 2.05) is 0 Å². The van der Waals surface area contributed by atoms with Crippen molar-refractivity contribution in [3.05, 3.63) is 54.4 Å². The molecule has 0 bridgehead atoms. The van der Waals surface area contributed by atoms with Crippen molar-refractivity contribution in [3.8, 4) is 22.8 Å². The molecule has 1 aliphatic carbocycles. The number of amides is 1. The van der Waals surface area contributed by atoms with Gasteiger partial charge in [-0.3, -0.25) is 14.6 Å². The monoisotopic (exact) mass is 455 g/mol. The molecule has 33 heavy (non-hydrogen) atoms. The number of nitrogens with zero attached hydrogens (tertiary/aromatic N) is 5. The molecule has 0 aliphatic heterocycles. The molecule has 1 saturated carbocycles. The van der Waals surface area contributed by atoms with Crippen molar-refractivity contribution >= 4 is 11.6 Å². The van der Waals surface area contributed by atoms with E-state index in [4.69, 9.17) is 4.42 Å². The number of pyridine rings is 1. The van der Waals surface area contributed by atoms with Crippen LogP contribution in [0.5, 0.6) is 0 Å². The van der Waals surface area contributed by atoms with Crippen LogP contribution in [0.4, 0.5) is 14.5 Å². The second kappa shape index (κ2) is 8.54. The number of aliphatic hydroxyl groups excluding tert-OH is 1. The zero-order valence-electron chi connectivity index (χ0n) is 17.2. The molecular formula is C21H19F2N7O3. The summed E-state index contributed by atoms with van der Waals surface area (Å²) < 4.78 is 35.2. The molecule has 0 radical (unpaired) electrons. The van der Waals surface area contributed by atoms with Crippen LogP contribution >= 0.6 is 0 Å². The maximum absolute atomic E-state index is 14.5. The Morgan fingerprint density at radius 2 is 2.00 bits per heavy atom. The zero-order chi connectivity index (χ0) is 22.9. The quantitative estimate of drug-likeness (QED) is 0.393. The van der Waals surface area contributed by atoms with Crippen molar-refractivity contribution in [2.75, 3.05) is 5.32 Å². The molecule has 0 saturated heterocycles. The van der Waals surface area contributed by atoms with Gasteiger partial charge in [-0.2, -0.15) is 14.6 Å². The summed E-state index contributed by atoms with van der Waals surface area (Å²) in [6.45, 7) is 0. The molecule has 0 spiro atoms. The van der Waals surface area contributed by atoms with Crippen molar-refractivity contribution in [3.63, 3.8) is 0 Å². The number of nitrogens with one attached hydrogen (secondary N) is 2. The van der Waals surface area contributed by atoms with Gasteiger partial charge in [0, 0.05) is 12.4 Å². The lowest BCUT2D eigenvalue weighted by Crippen LogP contribution is -2.21. The van der Waals surface area contributed by atoms with Gasteiger partial charge in [-0.05, 0) is 37.8 Å². The first-order valence-corrected chi connectivity index (χ1v) is 10.3. The van der Waals surface area contributed by atoms with Crippen molar-refractivity contribution < 1.29 is 23.1 Å². The molecule has 1 amide bonds. The van der Waals surface area contributed by atoms with Gasteiger partial charge in [-0.25, -0.2) is 14.4 Å². The van der Waals surface area contributed by atoms with E-state index in [0.717, 1.165) is 12.1 Å². The molecule has 3 N–H and O–H groups in total. The predicted octanol–water partition coefficient (Wildman–Crippen LogP) is 3.33. The molecule has 4 aromatic rings. The minimum atomic E-state index is -0.875. The number of oxazole rings is 1. The van der Waals surface area contributed by atoms with Crippen LogP contribution < -0.4 is 5.32 Å². The summed E-state index contributed by atoms with van der Waals surface area (Å²) in [6, 6.07) is 1.80. The Morgan fingerprint density at radius 1 is 1.18 bits per heavy atom. The normalized spacial score (nSPS) is 18.4. The van der Waals surface area contributed by atoms with Gasteiger partial charge in [-0.15, -0.1) is 0 Å². The zero-order valence-corrected chi connectivity index (χ0v) is 17.2. The molecule has 1 fully saturated rings. The van der Waals surface area contributed by atoms with Crippen LogP contribution in [0, 0.1) is 11.8 Å². The lowest BCUT2D eigenvalue weighted by molar-refractivity contribution is 0.102. The maximum atomic E-state index is 14.5. The molecule has 1 aliphatic rings. The third-order valence-corrected chi connectivity index (χ3v) is 5.54. The molecule has 4 heterocycles. The fourth-order valence-corrected chi connectivity index (χ4v) is 3.82. The number of rotatable bonds is 5. The smallest absolute Gasteiger partial charge is 0.277 e. The fraction of sp³-hybridized carbons (Fsp3) is 0.286. The number of hydrogen-bond donors (Lipinski definition) is 3. The molecule has 4 aromatic heterocycles. The van der Waals surface area contributed by atoms with Crippen LogP contribution in [0.2, 0.25) is 0 Å². The van der Waals surface area contributed by atoms with Crippen molar-refractivity contribution in [1.29, 1.82) is 0 Å². The Bertz CT molecular complexity index is 1280. The lowest BCUT2D eigenvalue weighted by atomic mass is 9.93. The Labute approximate surface area is 185 Å². The van der Waals surface area contributed by atoms with Gasteiger partial charge in [0.05, 0.1) is 29.6 Å². The summed E-state index contributed by atoms with van der Waals surface area (Å²) in [5, 5.41) is 23.3. The van der Waals surface area contributed by atoms with E-state index < -0.39 is 17.7 Å². The third-order valence-electron chi connectivity index (χ3n) is 5.54. The first-order chi connectivity index (χ1) is 16.0. The van der Waals surface area contributed by atoms with E-state index in [1.165, 1.54) is 12.5 Å². The molecule has 0 atom stereocenters. The van der Waals surface area contributed by atoms with E-state index >= 15 is 0 Å². The van der Waals surface area contributed by atoms with E-state index in [9.17, 15) is 18.7 Å². The van der Waals surface area contributed by atoms with Crippen LogP contribution in [0.1, 0.15) is 42.2 Å². The highest BCUT2D eigenvalue weighted by molar-refractivity contribution is 6.04. The summed E-state index contributed by atoms with van der Waals surface area (Å²) in [5.74, 6) is -2.08. The number of aliphatic hydroxyl groups is 1. The van der Waals surface area contributed by atoms with Crippen LogP contribution in [-0.2, 0) is 0 Å². The average molecular weight is 455 g/mol. The third kappa shape index (κ3) is 4.24. The van der Waals surface area contributed by atoms with Gasteiger partial charge in [0.2, 0.25) is 11.8 Å². The summed E-state index contributed by atoms with van der Waals surface area (Å²) in [6.07, 6.45) is 7.95. The maximum Gasteiger partial charge on any atom is 0.277 e. The van der Waals surface area contributed by atoms with Gasteiger partial charge in [0.15, 0.2) is 11.5 Å². The van der Waals surface area contributed by atoms with Crippen LogP contribution in [-0.4, -0.2) is 47.1 Å². The van der Waals surface area contributed by atoms with E-state index in [2.05, 4.69) is 30.6 Å². The largest absolute Gasteiger partial charge is 0.444 e. The number of carbonyl (C=O) groups excluding carboxylic acids is 1. The predicted molar refractivity (Wildman–Crippen MR) is 111 cm³/mol. The minimum Gasteiger partial charge on any atom is -0.444 e. The number of halogens is 2. The topological polar surface area (TPSA) is 135 Å². The summed E-state index contributed by atoms with van der Waals surface area (Å²) >= 11 is 0. The van der Waals surface area contributed by atoms with Crippen molar-refractivity contribution in [2.45, 2.75) is 37.8 Å². The fourth-order valence-electron chi connectivity index (χ4n) is 3.82. The van der Waals surface area contributed by atoms with Gasteiger partial charge in [0.25, 0.3) is 5.91 Å². The molecule has 0 aromatic carbocycles. The number of carbonyl (C=O) groups is 1. The molecule has 0 unspecified atom stereocenters. The van der Waals surface area contributed by atoms with Gasteiger partial charge < -0.3 is 14.8 Å². The van der Waals surface area contributed by atoms with Gasteiger partial charge in [0.1, 0.15) is 17.7 Å². The molecule has 10 nitrogen and oxygen atoms in total. The molecule has 5 rings (SSSR count). The SMILES string of the molecule is O=C(Nc1cn(C2CCC(O)CC2)nc1-c1nc(F)ccc1F)c1coc(-c2cn[nH]c2)n1. The Balaban J connectivity index is 1.47. The molecular weight excluding hydrogens is 436 g/mol. The number of hydrogen-bond acceptors (Lipinski definition) is 7. The second-order valence-electron chi connectivity index (χ2n) is 7.78. The van der Waals surface area contributed by atoms with E-state index in [-0.39, 0.29) is 40.8 Å². The second-order valence-corrected chi connectivity index (χ2v) is 7.78. The van der Waals surface area contributed by atoms with Crippen molar-refractivity contribution in [2.24, 2.45) is 0 Å². The van der Waals surface area contributed by atoms with Crippen molar-refractivity contribution in [1.82, 2.24) is 29.9 Å². The minimum absolute atomic E-state index is 0.00924. The average Bonchev–Trinajstić information content (AvgIpc) is 3.56. The number of aromatic nitrogens is 6. The number of aromatic amines is 1.